The fourth-order valence-corrected chi connectivity index (χ4v) is 3.84. The molecule has 0 aliphatic heterocycles. The van der Waals surface area contributed by atoms with Crippen molar-refractivity contribution in [3.63, 3.8) is 0 Å². The first-order valence-corrected chi connectivity index (χ1v) is 12.9. The Labute approximate surface area is 233 Å². The number of carbonyl (C=O) groups is 5. The number of amides is 5. The summed E-state index contributed by atoms with van der Waals surface area (Å²) in [5, 5.41) is 23.2. The van der Waals surface area contributed by atoms with Crippen LogP contribution in [0, 0.1) is 0 Å². The molecule has 210 valence electrons. The number of ether oxygens (including phenoxy) is 1. The molecule has 14 heteroatoms. The van der Waals surface area contributed by atoms with Crippen LogP contribution < -0.4 is 26.6 Å². The number of aromatic nitrogens is 1. The maximum atomic E-state index is 12.5. The monoisotopic (exact) mass is 568 g/mol. The van der Waals surface area contributed by atoms with Gasteiger partial charge in [0.15, 0.2) is 5.13 Å². The molecule has 3 rings (SSSR count). The van der Waals surface area contributed by atoms with Crippen molar-refractivity contribution in [2.75, 3.05) is 11.9 Å². The average molecular weight is 569 g/mol. The van der Waals surface area contributed by atoms with Gasteiger partial charge in [0.1, 0.15) is 24.4 Å². The van der Waals surface area contributed by atoms with Gasteiger partial charge in [0, 0.05) is 18.5 Å². The molecule has 0 radical (unpaired) electrons. The zero-order valence-corrected chi connectivity index (χ0v) is 22.2. The van der Waals surface area contributed by atoms with Crippen LogP contribution in [0.15, 0.2) is 66.0 Å². The molecule has 1 heterocycles. The van der Waals surface area contributed by atoms with Gasteiger partial charge >= 0.3 is 18.1 Å². The zero-order chi connectivity index (χ0) is 28.9. The van der Waals surface area contributed by atoms with Gasteiger partial charge in [-0.05, 0) is 18.1 Å². The maximum Gasteiger partial charge on any atom is 0.408 e. The molecule has 6 N–H and O–H groups in total. The van der Waals surface area contributed by atoms with Crippen LogP contribution in [-0.4, -0.2) is 58.6 Å². The van der Waals surface area contributed by atoms with Gasteiger partial charge in [0.25, 0.3) is 5.91 Å². The van der Waals surface area contributed by atoms with Gasteiger partial charge in [0.2, 0.25) is 5.91 Å². The number of rotatable bonds is 12. The lowest BCUT2D eigenvalue weighted by Crippen LogP contribution is -2.52. The van der Waals surface area contributed by atoms with Crippen molar-refractivity contribution in [1.29, 1.82) is 0 Å². The predicted molar refractivity (Wildman–Crippen MR) is 146 cm³/mol. The minimum atomic E-state index is -1.46. The number of carbonyl (C=O) groups excluding carboxylic acids is 4. The van der Waals surface area contributed by atoms with E-state index in [-0.39, 0.29) is 17.4 Å². The van der Waals surface area contributed by atoms with E-state index < -0.39 is 48.5 Å². The lowest BCUT2D eigenvalue weighted by atomic mass is 10.2. The number of aliphatic carboxylic acids is 1. The molecule has 13 nitrogen and oxygen atoms in total. The van der Waals surface area contributed by atoms with E-state index in [2.05, 4.69) is 31.6 Å². The number of anilines is 1. The number of benzene rings is 2. The van der Waals surface area contributed by atoms with Crippen LogP contribution in [0.1, 0.15) is 28.5 Å². The van der Waals surface area contributed by atoms with Crippen molar-refractivity contribution in [3.8, 4) is 0 Å². The van der Waals surface area contributed by atoms with Crippen LogP contribution in [0.3, 0.4) is 0 Å². The topological polar surface area (TPSA) is 188 Å². The summed E-state index contributed by atoms with van der Waals surface area (Å²) < 4.78 is 5.01. The molecule has 2 atom stereocenters. The summed E-state index contributed by atoms with van der Waals surface area (Å²) in [6.07, 6.45) is -0.964. The SMILES string of the molecule is C[C@H](NC(=O)c1csc(NC(=O)NCc2ccccc2)n1)C(=O)NC[C@H](NC(=O)OCc1ccccc1)C(=O)O. The summed E-state index contributed by atoms with van der Waals surface area (Å²) in [5.41, 5.74) is 1.61. The van der Waals surface area contributed by atoms with Gasteiger partial charge in [-0.3, -0.25) is 14.9 Å². The smallest absolute Gasteiger partial charge is 0.408 e. The second-order valence-electron chi connectivity index (χ2n) is 8.37. The third-order valence-corrected chi connectivity index (χ3v) is 6.04. The van der Waals surface area contributed by atoms with Crippen LogP contribution in [0.4, 0.5) is 14.7 Å². The molecule has 0 saturated carbocycles. The molecule has 0 unspecified atom stereocenters. The predicted octanol–water partition coefficient (Wildman–Crippen LogP) is 2.08. The Kier molecular flexibility index (Phi) is 11.0. The number of thiazole rings is 1. The van der Waals surface area contributed by atoms with Crippen LogP contribution >= 0.6 is 11.3 Å². The van der Waals surface area contributed by atoms with Crippen molar-refractivity contribution in [3.05, 3.63) is 82.9 Å². The highest BCUT2D eigenvalue weighted by Gasteiger charge is 2.24. The van der Waals surface area contributed by atoms with Gasteiger partial charge in [-0.15, -0.1) is 11.3 Å². The minimum Gasteiger partial charge on any atom is -0.480 e. The highest BCUT2D eigenvalue weighted by atomic mass is 32.1. The van der Waals surface area contributed by atoms with Crippen LogP contribution in [0.5, 0.6) is 0 Å². The third kappa shape index (κ3) is 9.72. The highest BCUT2D eigenvalue weighted by molar-refractivity contribution is 7.14. The summed E-state index contributed by atoms with van der Waals surface area (Å²) in [6.45, 7) is 1.20. The Morgan fingerprint density at radius 1 is 0.925 bits per heavy atom. The van der Waals surface area contributed by atoms with E-state index in [1.807, 2.05) is 30.3 Å². The number of carboxylic acids is 1. The number of urea groups is 1. The standard InChI is InChI=1S/C26H28N6O7S/c1-16(21(33)27-13-19(23(35)36)31-26(38)39-14-18-10-6-3-7-11-18)29-22(34)20-15-40-25(30-20)32-24(37)28-12-17-8-4-2-5-9-17/h2-11,15-16,19H,12-14H2,1H3,(H,27,33)(H,29,34)(H,31,38)(H,35,36)(H2,28,30,32,37)/t16-,19-/m0/s1. The summed E-state index contributed by atoms with van der Waals surface area (Å²) in [4.78, 5) is 64.6. The van der Waals surface area contributed by atoms with Crippen LogP contribution in [-0.2, 0) is 27.5 Å². The fourth-order valence-electron chi connectivity index (χ4n) is 3.15. The van der Waals surface area contributed by atoms with Crippen molar-refractivity contribution in [1.82, 2.24) is 26.3 Å². The quantitative estimate of drug-likeness (QED) is 0.191. The lowest BCUT2D eigenvalue weighted by molar-refractivity contribution is -0.139. The molecule has 2 aromatic carbocycles. The Morgan fingerprint density at radius 2 is 1.57 bits per heavy atom. The first-order valence-electron chi connectivity index (χ1n) is 12.0. The van der Waals surface area contributed by atoms with Gasteiger partial charge in [-0.25, -0.2) is 19.4 Å². The first-order chi connectivity index (χ1) is 19.2. The van der Waals surface area contributed by atoms with Crippen molar-refractivity contribution in [2.45, 2.75) is 32.2 Å². The largest absolute Gasteiger partial charge is 0.480 e. The van der Waals surface area contributed by atoms with Crippen LogP contribution in [0.2, 0.25) is 0 Å². The molecule has 40 heavy (non-hydrogen) atoms. The summed E-state index contributed by atoms with van der Waals surface area (Å²) in [5.74, 6) is -2.74. The van der Waals surface area contributed by atoms with E-state index in [0.29, 0.717) is 6.54 Å². The van der Waals surface area contributed by atoms with E-state index in [1.165, 1.54) is 12.3 Å². The molecule has 0 spiro atoms. The second kappa shape index (κ2) is 14.8. The zero-order valence-electron chi connectivity index (χ0n) is 21.4. The Bertz CT molecular complexity index is 1320. The normalized spacial score (nSPS) is 11.8. The van der Waals surface area contributed by atoms with Crippen LogP contribution in [0.25, 0.3) is 0 Å². The molecular formula is C26H28N6O7S. The van der Waals surface area contributed by atoms with Gasteiger partial charge in [-0.2, -0.15) is 0 Å². The van der Waals surface area contributed by atoms with Gasteiger partial charge in [-0.1, -0.05) is 60.7 Å². The molecule has 5 amide bonds. The molecule has 0 saturated heterocycles. The Balaban J connectivity index is 1.41. The molecule has 0 bridgehead atoms. The molecule has 1 aromatic heterocycles. The van der Waals surface area contributed by atoms with Crippen molar-refractivity contribution in [2.24, 2.45) is 0 Å². The molecular weight excluding hydrogens is 540 g/mol. The maximum absolute atomic E-state index is 12.5. The summed E-state index contributed by atoms with van der Waals surface area (Å²) in [6, 6.07) is 15.1. The minimum absolute atomic E-state index is 0.0192. The third-order valence-electron chi connectivity index (χ3n) is 5.28. The van der Waals surface area contributed by atoms with E-state index in [0.717, 1.165) is 22.5 Å². The Hall–Kier alpha value is -4.98. The number of nitrogens with zero attached hydrogens (tertiary/aromatic N) is 1. The summed E-state index contributed by atoms with van der Waals surface area (Å²) >= 11 is 1.03. The number of alkyl carbamates (subject to hydrolysis) is 1. The highest BCUT2D eigenvalue weighted by Crippen LogP contribution is 2.15. The van der Waals surface area contributed by atoms with Crippen molar-refractivity contribution < 1.29 is 33.8 Å². The molecule has 3 aromatic rings. The van der Waals surface area contributed by atoms with E-state index in [4.69, 9.17) is 4.74 Å². The van der Waals surface area contributed by atoms with Crippen molar-refractivity contribution >= 4 is 46.4 Å². The second-order valence-corrected chi connectivity index (χ2v) is 9.23. The fraction of sp³-hybridized carbons (Fsp3) is 0.231. The average Bonchev–Trinajstić information content (AvgIpc) is 3.42. The number of hydrogen-bond donors (Lipinski definition) is 6. The van der Waals surface area contributed by atoms with Gasteiger partial charge < -0.3 is 31.1 Å². The van der Waals surface area contributed by atoms with E-state index in [1.54, 1.807) is 30.3 Å². The molecule has 0 fully saturated rings. The van der Waals surface area contributed by atoms with E-state index in [9.17, 15) is 29.1 Å². The van der Waals surface area contributed by atoms with E-state index >= 15 is 0 Å². The number of hydrogen-bond acceptors (Lipinski definition) is 8. The van der Waals surface area contributed by atoms with Gasteiger partial charge in [0.05, 0.1) is 0 Å². The number of nitrogens with one attached hydrogen (secondary N) is 5. The molecule has 0 aliphatic rings. The lowest BCUT2D eigenvalue weighted by Gasteiger charge is -2.18. The number of carboxylic acid groups (broad SMARTS) is 1. The first kappa shape index (κ1) is 29.6. The molecule has 0 aliphatic carbocycles. The summed E-state index contributed by atoms with van der Waals surface area (Å²) in [7, 11) is 0. The Morgan fingerprint density at radius 3 is 2.23 bits per heavy atom.